The van der Waals surface area contributed by atoms with Crippen LogP contribution >= 0.6 is 0 Å². The van der Waals surface area contributed by atoms with E-state index in [4.69, 9.17) is 10.1 Å². The van der Waals surface area contributed by atoms with Gasteiger partial charge in [-0.3, -0.25) is 10.2 Å². The number of benzene rings is 1. The van der Waals surface area contributed by atoms with Gasteiger partial charge in [0.15, 0.2) is 11.6 Å². The highest BCUT2D eigenvalue weighted by Gasteiger charge is 2.22. The predicted molar refractivity (Wildman–Crippen MR) is 101 cm³/mol. The van der Waals surface area contributed by atoms with Crippen molar-refractivity contribution in [1.82, 2.24) is 35.2 Å². The Morgan fingerprint density at radius 2 is 1.88 bits per heavy atom. The molecule has 3 heterocycles. The summed E-state index contributed by atoms with van der Waals surface area (Å²) < 4.78 is 1.87. The largest absolute Gasteiger partial charge is 0.281 e. The van der Waals surface area contributed by atoms with E-state index in [0.717, 1.165) is 39.6 Å². The molecule has 0 bridgehead atoms. The lowest BCUT2D eigenvalue weighted by Crippen LogP contribution is -2.11. The van der Waals surface area contributed by atoms with Crippen molar-refractivity contribution in [1.29, 1.82) is 0 Å². The second-order valence-corrected chi connectivity index (χ2v) is 7.92. The SMILES string of the molecule is CC(C)c1nc(-c2cc(C(C)(C)C)[nH]n2)n(-c2ccc3[nH]ncc3c2)n1. The van der Waals surface area contributed by atoms with Crippen LogP contribution in [0.5, 0.6) is 0 Å². The van der Waals surface area contributed by atoms with Crippen LogP contribution in [0.4, 0.5) is 0 Å². The first-order chi connectivity index (χ1) is 12.3. The minimum absolute atomic E-state index is 0.00726. The number of nitrogens with one attached hydrogen (secondary N) is 2. The highest BCUT2D eigenvalue weighted by atomic mass is 15.4. The first kappa shape index (κ1) is 16.5. The summed E-state index contributed by atoms with van der Waals surface area (Å²) in [7, 11) is 0. The number of hydrogen-bond acceptors (Lipinski definition) is 4. The molecular weight excluding hydrogens is 326 g/mol. The monoisotopic (exact) mass is 349 g/mol. The minimum Gasteiger partial charge on any atom is -0.281 e. The number of aromatic amines is 2. The van der Waals surface area contributed by atoms with Crippen molar-refractivity contribution in [3.8, 4) is 17.2 Å². The van der Waals surface area contributed by atoms with E-state index in [9.17, 15) is 0 Å². The van der Waals surface area contributed by atoms with E-state index >= 15 is 0 Å². The van der Waals surface area contributed by atoms with Gasteiger partial charge in [0.25, 0.3) is 0 Å². The molecule has 1 aromatic carbocycles. The Bertz CT molecular complexity index is 1060. The summed E-state index contributed by atoms with van der Waals surface area (Å²) in [6, 6.07) is 8.13. The van der Waals surface area contributed by atoms with E-state index in [1.807, 2.05) is 23.0 Å². The van der Waals surface area contributed by atoms with Gasteiger partial charge in [-0.2, -0.15) is 15.3 Å². The minimum atomic E-state index is -0.00726. The Labute approximate surface area is 151 Å². The zero-order chi connectivity index (χ0) is 18.5. The van der Waals surface area contributed by atoms with Gasteiger partial charge in [0, 0.05) is 22.4 Å². The molecule has 0 aliphatic carbocycles. The lowest BCUT2D eigenvalue weighted by Gasteiger charge is -2.14. The van der Waals surface area contributed by atoms with Crippen molar-refractivity contribution in [2.75, 3.05) is 0 Å². The van der Waals surface area contributed by atoms with Crippen molar-refractivity contribution >= 4 is 10.9 Å². The molecule has 4 rings (SSSR count). The molecule has 7 heteroatoms. The zero-order valence-electron chi connectivity index (χ0n) is 15.7. The van der Waals surface area contributed by atoms with Gasteiger partial charge in [-0.25, -0.2) is 9.67 Å². The van der Waals surface area contributed by atoms with Crippen LogP contribution in [0.2, 0.25) is 0 Å². The van der Waals surface area contributed by atoms with E-state index in [1.165, 1.54) is 0 Å². The van der Waals surface area contributed by atoms with Gasteiger partial charge in [0.2, 0.25) is 0 Å². The molecule has 3 aromatic heterocycles. The summed E-state index contributed by atoms with van der Waals surface area (Å²) in [4.78, 5) is 4.77. The molecule has 0 fully saturated rings. The second kappa shape index (κ2) is 5.79. The maximum Gasteiger partial charge on any atom is 0.183 e. The van der Waals surface area contributed by atoms with Gasteiger partial charge >= 0.3 is 0 Å². The van der Waals surface area contributed by atoms with Gasteiger partial charge in [-0.05, 0) is 24.3 Å². The Morgan fingerprint density at radius 3 is 2.58 bits per heavy atom. The number of nitrogens with zero attached hydrogens (tertiary/aromatic N) is 5. The van der Waals surface area contributed by atoms with Crippen LogP contribution in [0.1, 0.15) is 52.1 Å². The smallest absolute Gasteiger partial charge is 0.183 e. The topological polar surface area (TPSA) is 88.1 Å². The average molecular weight is 349 g/mol. The molecule has 0 atom stereocenters. The third-order valence-electron chi connectivity index (χ3n) is 4.42. The van der Waals surface area contributed by atoms with E-state index in [2.05, 4.69) is 67.1 Å². The summed E-state index contributed by atoms with van der Waals surface area (Å²) in [5.41, 5.74) is 3.79. The van der Waals surface area contributed by atoms with Crippen LogP contribution in [0.15, 0.2) is 30.5 Å². The predicted octanol–water partition coefficient (Wildman–Crippen LogP) is 3.95. The van der Waals surface area contributed by atoms with Crippen molar-refractivity contribution in [2.24, 2.45) is 0 Å². The molecule has 134 valence electrons. The first-order valence-corrected chi connectivity index (χ1v) is 8.79. The third-order valence-corrected chi connectivity index (χ3v) is 4.42. The molecule has 0 unspecified atom stereocenters. The summed E-state index contributed by atoms with van der Waals surface area (Å²) in [5, 5.41) is 20.5. The molecule has 4 aromatic rings. The third kappa shape index (κ3) is 2.79. The van der Waals surface area contributed by atoms with Crippen molar-refractivity contribution in [3.05, 3.63) is 42.0 Å². The number of hydrogen-bond donors (Lipinski definition) is 2. The summed E-state index contributed by atoms with van der Waals surface area (Å²) in [6.07, 6.45) is 1.81. The molecule has 0 aliphatic rings. The van der Waals surface area contributed by atoms with Gasteiger partial charge < -0.3 is 0 Å². The number of H-pyrrole nitrogens is 2. The summed E-state index contributed by atoms with van der Waals surface area (Å²) in [5.74, 6) is 1.77. The fourth-order valence-electron chi connectivity index (χ4n) is 2.80. The molecule has 0 radical (unpaired) electrons. The highest BCUT2D eigenvalue weighted by molar-refractivity contribution is 5.80. The van der Waals surface area contributed by atoms with Gasteiger partial charge in [0.1, 0.15) is 5.69 Å². The average Bonchev–Trinajstić information content (AvgIpc) is 3.31. The normalized spacial score (nSPS) is 12.4. The molecule has 0 saturated carbocycles. The number of rotatable bonds is 3. The maximum atomic E-state index is 4.77. The van der Waals surface area contributed by atoms with Crippen LogP contribution in [0, 0.1) is 0 Å². The number of aromatic nitrogens is 7. The molecule has 26 heavy (non-hydrogen) atoms. The lowest BCUT2D eigenvalue weighted by atomic mass is 9.92. The fraction of sp³-hybridized carbons (Fsp3) is 0.368. The molecular formula is C19H23N7. The Balaban J connectivity index is 1.87. The summed E-state index contributed by atoms with van der Waals surface area (Å²) in [6.45, 7) is 10.6. The number of fused-ring (bicyclic) bond motifs is 1. The lowest BCUT2D eigenvalue weighted by molar-refractivity contribution is 0.567. The van der Waals surface area contributed by atoms with Crippen molar-refractivity contribution in [3.63, 3.8) is 0 Å². The molecule has 0 aliphatic heterocycles. The van der Waals surface area contributed by atoms with E-state index < -0.39 is 0 Å². The maximum absolute atomic E-state index is 4.77. The standard InChI is InChI=1S/C19H23N7/c1-11(2)17-21-18(15-9-16(24-23-15)19(3,4)5)26(25-17)13-6-7-14-12(8-13)10-20-22-14/h6-11H,1-5H3,(H,20,22)(H,23,24). The van der Waals surface area contributed by atoms with E-state index in [-0.39, 0.29) is 11.3 Å². The van der Waals surface area contributed by atoms with Crippen molar-refractivity contribution < 1.29 is 0 Å². The van der Waals surface area contributed by atoms with E-state index in [0.29, 0.717) is 0 Å². The van der Waals surface area contributed by atoms with Gasteiger partial charge in [-0.1, -0.05) is 34.6 Å². The van der Waals surface area contributed by atoms with Crippen LogP contribution in [0.3, 0.4) is 0 Å². The second-order valence-electron chi connectivity index (χ2n) is 7.92. The van der Waals surface area contributed by atoms with Crippen LogP contribution in [0.25, 0.3) is 28.1 Å². The van der Waals surface area contributed by atoms with Crippen LogP contribution in [-0.2, 0) is 5.41 Å². The highest BCUT2D eigenvalue weighted by Crippen LogP contribution is 2.27. The van der Waals surface area contributed by atoms with Crippen molar-refractivity contribution in [2.45, 2.75) is 46.0 Å². The quantitative estimate of drug-likeness (QED) is 0.586. The molecule has 0 saturated heterocycles. The fourth-order valence-corrected chi connectivity index (χ4v) is 2.80. The van der Waals surface area contributed by atoms with Gasteiger partial charge in [0.05, 0.1) is 17.4 Å². The van der Waals surface area contributed by atoms with Gasteiger partial charge in [-0.15, -0.1) is 0 Å². The molecule has 7 nitrogen and oxygen atoms in total. The van der Waals surface area contributed by atoms with E-state index in [1.54, 1.807) is 0 Å². The Kier molecular flexibility index (Phi) is 3.68. The molecule has 2 N–H and O–H groups in total. The van der Waals surface area contributed by atoms with Crippen LogP contribution in [-0.4, -0.2) is 35.2 Å². The Morgan fingerprint density at radius 1 is 1.08 bits per heavy atom. The van der Waals surface area contributed by atoms with Crippen LogP contribution < -0.4 is 0 Å². The first-order valence-electron chi connectivity index (χ1n) is 8.79. The summed E-state index contributed by atoms with van der Waals surface area (Å²) >= 11 is 0. The Hall–Kier alpha value is -2.96. The molecule has 0 amide bonds. The molecule has 0 spiro atoms. The zero-order valence-corrected chi connectivity index (χ0v) is 15.7.